The van der Waals surface area contributed by atoms with E-state index in [9.17, 15) is 4.79 Å². The van der Waals surface area contributed by atoms with Crippen molar-refractivity contribution in [2.24, 2.45) is 0 Å². The first kappa shape index (κ1) is 23.6. The molecule has 1 spiro atoms. The van der Waals surface area contributed by atoms with Crippen LogP contribution in [0.2, 0.25) is 0 Å². The van der Waals surface area contributed by atoms with Crippen molar-refractivity contribution in [1.29, 1.82) is 0 Å². The fourth-order valence-electron chi connectivity index (χ4n) is 6.85. The Balaban J connectivity index is 1.48. The summed E-state index contributed by atoms with van der Waals surface area (Å²) in [5, 5.41) is 3.51. The first-order valence-electron chi connectivity index (χ1n) is 13.5. The van der Waals surface area contributed by atoms with Crippen molar-refractivity contribution in [3.63, 3.8) is 0 Å². The molecular formula is C30H40N2O2. The Morgan fingerprint density at radius 2 is 1.59 bits per heavy atom. The molecule has 2 saturated heterocycles. The van der Waals surface area contributed by atoms with Gasteiger partial charge in [-0.3, -0.25) is 4.79 Å². The Morgan fingerprint density at radius 3 is 2.24 bits per heavy atom. The van der Waals surface area contributed by atoms with Crippen LogP contribution in [0, 0.1) is 0 Å². The fraction of sp³-hybridized carbons (Fsp3) is 0.567. The van der Waals surface area contributed by atoms with Gasteiger partial charge in [0, 0.05) is 12.6 Å². The molecule has 1 amide bonds. The number of hydrogen-bond acceptors (Lipinski definition) is 3. The monoisotopic (exact) mass is 460 g/mol. The van der Waals surface area contributed by atoms with Gasteiger partial charge in [0.25, 0.3) is 0 Å². The molecule has 1 aliphatic carbocycles. The average Bonchev–Trinajstić information content (AvgIpc) is 2.90. The van der Waals surface area contributed by atoms with Gasteiger partial charge in [0.15, 0.2) is 0 Å². The van der Waals surface area contributed by atoms with E-state index in [-0.39, 0.29) is 23.2 Å². The van der Waals surface area contributed by atoms with Gasteiger partial charge in [0.2, 0.25) is 5.91 Å². The van der Waals surface area contributed by atoms with Crippen LogP contribution < -0.4 is 5.32 Å². The minimum atomic E-state index is -0.378. The highest BCUT2D eigenvalue weighted by molar-refractivity contribution is 5.88. The van der Waals surface area contributed by atoms with E-state index in [1.54, 1.807) is 0 Å². The van der Waals surface area contributed by atoms with Crippen LogP contribution in [0.1, 0.15) is 81.9 Å². The van der Waals surface area contributed by atoms with Gasteiger partial charge in [0.1, 0.15) is 0 Å². The maximum Gasteiger partial charge on any atom is 0.233 e. The van der Waals surface area contributed by atoms with E-state index >= 15 is 0 Å². The van der Waals surface area contributed by atoms with E-state index in [4.69, 9.17) is 4.74 Å². The molecule has 2 heterocycles. The number of ether oxygens (including phenoxy) is 1. The van der Waals surface area contributed by atoms with E-state index in [0.717, 1.165) is 71.0 Å². The number of piperidine rings is 1. The average molecular weight is 461 g/mol. The van der Waals surface area contributed by atoms with Crippen molar-refractivity contribution < 1.29 is 9.53 Å². The lowest BCUT2D eigenvalue weighted by Gasteiger charge is -2.51. The Bertz CT molecular complexity index is 933. The zero-order valence-corrected chi connectivity index (χ0v) is 20.7. The highest BCUT2D eigenvalue weighted by Gasteiger charge is 2.49. The molecule has 4 heteroatoms. The normalized spacial score (nSPS) is 26.1. The molecule has 2 aliphatic heterocycles. The number of carbonyl (C=O) groups excluding carboxylic acids is 1. The molecule has 0 unspecified atom stereocenters. The van der Waals surface area contributed by atoms with Crippen LogP contribution in [-0.2, 0) is 14.9 Å². The van der Waals surface area contributed by atoms with Crippen LogP contribution in [-0.4, -0.2) is 42.1 Å². The molecule has 2 aromatic carbocycles. The smallest absolute Gasteiger partial charge is 0.233 e. The summed E-state index contributed by atoms with van der Waals surface area (Å²) in [5.41, 5.74) is 1.93. The third-order valence-electron chi connectivity index (χ3n) is 8.66. The van der Waals surface area contributed by atoms with Crippen molar-refractivity contribution >= 4 is 5.91 Å². The lowest BCUT2D eigenvalue weighted by Crippen LogP contribution is -2.58. The predicted molar refractivity (Wildman–Crippen MR) is 137 cm³/mol. The predicted octanol–water partition coefficient (Wildman–Crippen LogP) is 5.78. The summed E-state index contributed by atoms with van der Waals surface area (Å²) in [5.74, 6) is 0.351. The molecule has 3 aliphatic rings. The highest BCUT2D eigenvalue weighted by atomic mass is 16.5. The first-order chi connectivity index (χ1) is 16.7. The topological polar surface area (TPSA) is 41.6 Å². The molecule has 2 atom stereocenters. The number of nitrogens with one attached hydrogen (secondary N) is 1. The van der Waals surface area contributed by atoms with Crippen molar-refractivity contribution in [1.82, 2.24) is 10.2 Å². The van der Waals surface area contributed by atoms with Gasteiger partial charge in [-0.05, 0) is 69.7 Å². The molecule has 5 rings (SSSR count). The number of amides is 1. The zero-order valence-electron chi connectivity index (χ0n) is 20.7. The minimum absolute atomic E-state index is 0.0407. The second kappa shape index (κ2) is 10.2. The second-order valence-corrected chi connectivity index (χ2v) is 10.6. The summed E-state index contributed by atoms with van der Waals surface area (Å²) >= 11 is 0. The Hall–Kier alpha value is -2.17. The number of benzene rings is 2. The summed E-state index contributed by atoms with van der Waals surface area (Å²) in [6.07, 6.45) is 9.33. The minimum Gasteiger partial charge on any atom is -0.367 e. The summed E-state index contributed by atoms with van der Waals surface area (Å²) in [7, 11) is 0. The van der Waals surface area contributed by atoms with Gasteiger partial charge >= 0.3 is 0 Å². The summed E-state index contributed by atoms with van der Waals surface area (Å²) in [6, 6.07) is 21.5. The molecule has 0 bridgehead atoms. The third kappa shape index (κ3) is 4.55. The third-order valence-corrected chi connectivity index (χ3v) is 8.66. The van der Waals surface area contributed by atoms with E-state index in [0.29, 0.717) is 5.91 Å². The largest absolute Gasteiger partial charge is 0.367 e. The highest BCUT2D eigenvalue weighted by Crippen LogP contribution is 2.46. The van der Waals surface area contributed by atoms with Crippen molar-refractivity contribution in [3.05, 3.63) is 71.8 Å². The number of carbonyl (C=O) groups is 1. The fourth-order valence-corrected chi connectivity index (χ4v) is 6.85. The molecule has 3 fully saturated rings. The summed E-state index contributed by atoms with van der Waals surface area (Å²) < 4.78 is 6.88. The van der Waals surface area contributed by atoms with Crippen LogP contribution in [0.5, 0.6) is 0 Å². The second-order valence-electron chi connectivity index (χ2n) is 10.6. The van der Waals surface area contributed by atoms with Crippen LogP contribution in [0.4, 0.5) is 0 Å². The van der Waals surface area contributed by atoms with Gasteiger partial charge in [-0.25, -0.2) is 0 Å². The van der Waals surface area contributed by atoms with E-state index < -0.39 is 0 Å². The first-order valence-corrected chi connectivity index (χ1v) is 13.5. The Kier molecular flexibility index (Phi) is 7.08. The van der Waals surface area contributed by atoms with Crippen molar-refractivity contribution in [2.45, 2.75) is 87.9 Å². The quantitative estimate of drug-likeness (QED) is 0.615. The SMILES string of the molecule is CCN(C(=O)C1(c2ccccc2)CCCCC1)[C@@H]1C[C@@H](c2ccccc2)OC2(CCNCC2)C1. The number of hydrogen-bond donors (Lipinski definition) is 1. The standard InChI is InChI=1S/C30H40N2O2/c1-2-32(28(33)30(16-10-5-11-17-30)25-14-8-4-9-15-25)26-22-27(24-12-6-3-7-13-24)34-29(23-26)18-20-31-21-19-29/h3-4,6-9,12-15,26-27,31H,2,5,10-11,16-23H2,1H3/t26-,27+/m1/s1. The summed E-state index contributed by atoms with van der Waals surface area (Å²) in [6.45, 7) is 4.90. The van der Waals surface area contributed by atoms with Gasteiger partial charge in [-0.1, -0.05) is 79.9 Å². The van der Waals surface area contributed by atoms with Gasteiger partial charge in [-0.2, -0.15) is 0 Å². The van der Waals surface area contributed by atoms with Gasteiger partial charge in [-0.15, -0.1) is 0 Å². The van der Waals surface area contributed by atoms with E-state index in [1.165, 1.54) is 17.5 Å². The van der Waals surface area contributed by atoms with Gasteiger partial charge < -0.3 is 15.0 Å². The van der Waals surface area contributed by atoms with Crippen molar-refractivity contribution in [2.75, 3.05) is 19.6 Å². The van der Waals surface area contributed by atoms with Gasteiger partial charge in [0.05, 0.1) is 17.1 Å². The summed E-state index contributed by atoms with van der Waals surface area (Å²) in [4.78, 5) is 16.8. The lowest BCUT2D eigenvalue weighted by molar-refractivity contribution is -0.174. The van der Waals surface area contributed by atoms with Crippen LogP contribution in [0.25, 0.3) is 0 Å². The van der Waals surface area contributed by atoms with E-state index in [2.05, 4.69) is 77.8 Å². The Labute approximate surface area is 205 Å². The van der Waals surface area contributed by atoms with Crippen LogP contribution in [0.3, 0.4) is 0 Å². The van der Waals surface area contributed by atoms with Crippen LogP contribution >= 0.6 is 0 Å². The van der Waals surface area contributed by atoms with Crippen LogP contribution in [0.15, 0.2) is 60.7 Å². The molecule has 0 aromatic heterocycles. The van der Waals surface area contributed by atoms with E-state index in [1.807, 2.05) is 0 Å². The molecule has 1 N–H and O–H groups in total. The molecular weight excluding hydrogens is 420 g/mol. The number of rotatable bonds is 5. The lowest BCUT2D eigenvalue weighted by atomic mass is 9.68. The molecule has 2 aromatic rings. The number of likely N-dealkylation sites (N-methyl/N-ethyl adjacent to an activating group) is 1. The molecule has 34 heavy (non-hydrogen) atoms. The zero-order chi connectivity index (χ0) is 23.4. The molecule has 1 saturated carbocycles. The Morgan fingerprint density at radius 1 is 0.941 bits per heavy atom. The number of nitrogens with zero attached hydrogens (tertiary/aromatic N) is 1. The maximum atomic E-state index is 14.5. The molecule has 4 nitrogen and oxygen atoms in total. The molecule has 0 radical (unpaired) electrons. The maximum absolute atomic E-state index is 14.5. The molecule has 182 valence electrons. The van der Waals surface area contributed by atoms with Crippen molar-refractivity contribution in [3.8, 4) is 0 Å².